The van der Waals surface area contributed by atoms with Crippen LogP contribution in [0.25, 0.3) is 17.2 Å². The number of rotatable bonds is 8. The molecule has 0 bridgehead atoms. The fourth-order valence-corrected chi connectivity index (χ4v) is 3.16. The first-order valence-corrected chi connectivity index (χ1v) is 9.49. The second-order valence-electron chi connectivity index (χ2n) is 6.84. The van der Waals surface area contributed by atoms with Crippen LogP contribution in [0.4, 0.5) is 5.82 Å². The predicted octanol–water partition coefficient (Wildman–Crippen LogP) is 4.06. The van der Waals surface area contributed by atoms with Crippen LogP contribution in [0, 0.1) is 0 Å². The minimum absolute atomic E-state index is 0.152. The van der Waals surface area contributed by atoms with Crippen LogP contribution in [0.15, 0.2) is 36.2 Å². The first kappa shape index (κ1) is 19.3. The number of fused-ring (bicyclic) bond motifs is 1. The number of nitrogens with zero attached hydrogens (tertiary/aromatic N) is 4. The Bertz CT molecular complexity index is 943. The van der Waals surface area contributed by atoms with Gasteiger partial charge in [0.2, 0.25) is 5.28 Å². The van der Waals surface area contributed by atoms with E-state index in [-0.39, 0.29) is 5.28 Å². The molecule has 0 saturated heterocycles. The quantitative estimate of drug-likeness (QED) is 0.452. The molecule has 0 aliphatic rings. The van der Waals surface area contributed by atoms with E-state index in [1.54, 1.807) is 6.33 Å². The zero-order valence-corrected chi connectivity index (χ0v) is 16.5. The lowest BCUT2D eigenvalue weighted by atomic mass is 10.1. The molecular formula is C20H25ClN6. The molecule has 7 heteroatoms. The van der Waals surface area contributed by atoms with Gasteiger partial charge in [-0.1, -0.05) is 35.9 Å². The Labute approximate surface area is 164 Å². The van der Waals surface area contributed by atoms with Gasteiger partial charge in [0, 0.05) is 13.1 Å². The van der Waals surface area contributed by atoms with E-state index >= 15 is 0 Å². The number of nitrogens with one attached hydrogen (secondary N) is 1. The van der Waals surface area contributed by atoms with Gasteiger partial charge in [-0.15, -0.1) is 0 Å². The summed E-state index contributed by atoms with van der Waals surface area (Å²) < 4.78 is 1.97. The maximum atomic E-state index is 5.90. The summed E-state index contributed by atoms with van der Waals surface area (Å²) in [4.78, 5) is 12.4. The molecule has 0 spiro atoms. The van der Waals surface area contributed by atoms with Gasteiger partial charge in [0.1, 0.15) is 5.52 Å². The highest BCUT2D eigenvalue weighted by Gasteiger charge is 2.09. The van der Waals surface area contributed by atoms with Gasteiger partial charge in [0.05, 0.1) is 6.33 Å². The number of hydrogen-bond acceptors (Lipinski definition) is 5. The smallest absolute Gasteiger partial charge is 0.226 e. The van der Waals surface area contributed by atoms with E-state index in [2.05, 4.69) is 64.5 Å². The molecule has 0 saturated carbocycles. The average Bonchev–Trinajstić information content (AvgIpc) is 3.01. The summed E-state index contributed by atoms with van der Waals surface area (Å²) in [6, 6.07) is 8.62. The van der Waals surface area contributed by atoms with Crippen LogP contribution in [0.5, 0.6) is 0 Å². The normalized spacial score (nSPS) is 11.1. The summed E-state index contributed by atoms with van der Waals surface area (Å²) in [7, 11) is 0. The van der Waals surface area contributed by atoms with Crippen LogP contribution < -0.4 is 11.1 Å². The maximum absolute atomic E-state index is 5.90. The van der Waals surface area contributed by atoms with Crippen molar-refractivity contribution < 1.29 is 0 Å². The number of benzene rings is 1. The number of nitrogens with two attached hydrogens (primary N) is 1. The highest BCUT2D eigenvalue weighted by molar-refractivity contribution is 6.28. The number of hydrogen-bond donors (Lipinski definition) is 2. The Balaban J connectivity index is 1.45. The van der Waals surface area contributed by atoms with Crippen molar-refractivity contribution in [3.05, 3.63) is 52.6 Å². The van der Waals surface area contributed by atoms with Crippen LogP contribution >= 0.6 is 11.6 Å². The standard InChI is InChI=1S/C20H25ClN6/c1-14(2)10-15-6-5-7-16(11-15)12-23-8-3-4-9-27-13-24-17-18(22)25-20(21)26-19(17)27/h5-7,10-11,13,23H,3-4,8-9,12H2,1-2H3,(H2,22,25,26). The molecule has 3 aromatic rings. The van der Waals surface area contributed by atoms with Crippen LogP contribution in [0.2, 0.25) is 5.28 Å². The van der Waals surface area contributed by atoms with Gasteiger partial charge < -0.3 is 15.6 Å². The van der Waals surface area contributed by atoms with E-state index < -0.39 is 0 Å². The minimum Gasteiger partial charge on any atom is -0.382 e. The Hall–Kier alpha value is -2.44. The van der Waals surface area contributed by atoms with E-state index in [4.69, 9.17) is 17.3 Å². The first-order chi connectivity index (χ1) is 13.0. The molecule has 27 heavy (non-hydrogen) atoms. The highest BCUT2D eigenvalue weighted by atomic mass is 35.5. The molecule has 1 aromatic carbocycles. The molecule has 0 amide bonds. The molecule has 3 N–H and O–H groups in total. The molecule has 142 valence electrons. The summed E-state index contributed by atoms with van der Waals surface area (Å²) in [6.45, 7) is 6.88. The summed E-state index contributed by atoms with van der Waals surface area (Å²) in [5.74, 6) is 0.320. The number of nitrogen functional groups attached to an aromatic ring is 1. The van der Waals surface area contributed by atoms with Gasteiger partial charge in [-0.3, -0.25) is 0 Å². The monoisotopic (exact) mass is 384 g/mol. The Morgan fingerprint density at radius 2 is 2.11 bits per heavy atom. The van der Waals surface area contributed by atoms with E-state index in [0.717, 1.165) is 32.5 Å². The van der Waals surface area contributed by atoms with Crippen LogP contribution in [-0.2, 0) is 13.1 Å². The fraction of sp³-hybridized carbons (Fsp3) is 0.350. The van der Waals surface area contributed by atoms with Crippen molar-refractivity contribution in [2.75, 3.05) is 12.3 Å². The van der Waals surface area contributed by atoms with Crippen molar-refractivity contribution in [1.29, 1.82) is 0 Å². The number of allylic oxidation sites excluding steroid dienone is 1. The van der Waals surface area contributed by atoms with Crippen molar-refractivity contribution in [3.8, 4) is 0 Å². The Morgan fingerprint density at radius 3 is 2.93 bits per heavy atom. The van der Waals surface area contributed by atoms with Crippen molar-refractivity contribution >= 4 is 34.7 Å². The van der Waals surface area contributed by atoms with Crippen LogP contribution in [-0.4, -0.2) is 26.1 Å². The zero-order valence-electron chi connectivity index (χ0n) is 15.7. The van der Waals surface area contributed by atoms with E-state index in [9.17, 15) is 0 Å². The summed E-state index contributed by atoms with van der Waals surface area (Å²) in [5.41, 5.74) is 11.0. The minimum atomic E-state index is 0.152. The molecular weight excluding hydrogens is 360 g/mol. The molecule has 0 aliphatic carbocycles. The molecule has 0 fully saturated rings. The average molecular weight is 385 g/mol. The third kappa shape index (κ3) is 5.28. The van der Waals surface area contributed by atoms with Crippen molar-refractivity contribution in [2.24, 2.45) is 0 Å². The van der Waals surface area contributed by atoms with Gasteiger partial charge >= 0.3 is 0 Å². The molecule has 6 nitrogen and oxygen atoms in total. The second kappa shape index (κ2) is 8.97. The third-order valence-electron chi connectivity index (χ3n) is 4.20. The molecule has 0 atom stereocenters. The van der Waals surface area contributed by atoms with Crippen LogP contribution in [0.3, 0.4) is 0 Å². The molecule has 2 aromatic heterocycles. The number of anilines is 1. The van der Waals surface area contributed by atoms with E-state index in [1.807, 2.05) is 4.57 Å². The van der Waals surface area contributed by atoms with E-state index in [1.165, 1.54) is 16.7 Å². The fourth-order valence-electron chi connectivity index (χ4n) is 2.99. The van der Waals surface area contributed by atoms with Gasteiger partial charge in [0.25, 0.3) is 0 Å². The van der Waals surface area contributed by atoms with Crippen molar-refractivity contribution in [3.63, 3.8) is 0 Å². The summed E-state index contributed by atoms with van der Waals surface area (Å²) in [5, 5.41) is 3.66. The number of unbranched alkanes of at least 4 members (excludes halogenated alkanes) is 1. The maximum Gasteiger partial charge on any atom is 0.226 e. The van der Waals surface area contributed by atoms with Gasteiger partial charge in [-0.25, -0.2) is 4.98 Å². The lowest BCUT2D eigenvalue weighted by molar-refractivity contribution is 0.573. The molecule has 0 aliphatic heterocycles. The molecule has 2 heterocycles. The number of halogens is 1. The topological polar surface area (TPSA) is 81.7 Å². The summed E-state index contributed by atoms with van der Waals surface area (Å²) in [6.07, 6.45) is 6.01. The molecule has 0 radical (unpaired) electrons. The van der Waals surface area contributed by atoms with Crippen molar-refractivity contribution in [2.45, 2.75) is 39.8 Å². The molecule has 3 rings (SSSR count). The Kier molecular flexibility index (Phi) is 6.42. The lowest BCUT2D eigenvalue weighted by Gasteiger charge is -2.07. The summed E-state index contributed by atoms with van der Waals surface area (Å²) >= 11 is 5.90. The lowest BCUT2D eigenvalue weighted by Crippen LogP contribution is -2.15. The number of aromatic nitrogens is 4. The first-order valence-electron chi connectivity index (χ1n) is 9.11. The van der Waals surface area contributed by atoms with Crippen molar-refractivity contribution in [1.82, 2.24) is 24.8 Å². The third-order valence-corrected chi connectivity index (χ3v) is 4.37. The predicted molar refractivity (Wildman–Crippen MR) is 111 cm³/mol. The Morgan fingerprint density at radius 1 is 1.26 bits per heavy atom. The van der Waals surface area contributed by atoms with Gasteiger partial charge in [-0.05, 0) is 56.0 Å². The van der Waals surface area contributed by atoms with Crippen LogP contribution in [0.1, 0.15) is 37.8 Å². The zero-order chi connectivity index (χ0) is 19.2. The largest absolute Gasteiger partial charge is 0.382 e. The SMILES string of the molecule is CC(C)=Cc1cccc(CNCCCCn2cnc3c(N)nc(Cl)nc32)c1. The highest BCUT2D eigenvalue weighted by Crippen LogP contribution is 2.18. The second-order valence-corrected chi connectivity index (χ2v) is 7.18. The number of imidazole rings is 1. The van der Waals surface area contributed by atoms with Gasteiger partial charge in [-0.2, -0.15) is 9.97 Å². The number of aryl methyl sites for hydroxylation is 1. The van der Waals surface area contributed by atoms with E-state index in [0.29, 0.717) is 17.0 Å². The van der Waals surface area contributed by atoms with Gasteiger partial charge in [0.15, 0.2) is 11.5 Å². The molecule has 0 unspecified atom stereocenters.